The van der Waals surface area contributed by atoms with Crippen molar-refractivity contribution in [1.29, 1.82) is 0 Å². The van der Waals surface area contributed by atoms with E-state index >= 15 is 0 Å². The highest BCUT2D eigenvalue weighted by Crippen LogP contribution is 2.42. The van der Waals surface area contributed by atoms with Crippen molar-refractivity contribution in [1.82, 2.24) is 0 Å². The molecule has 2 aliphatic rings. The van der Waals surface area contributed by atoms with Crippen LogP contribution in [0, 0.1) is 0 Å². The molecule has 3 nitrogen and oxygen atoms in total. The molecule has 2 heterocycles. The number of rotatable bonds is 2. The van der Waals surface area contributed by atoms with Crippen LogP contribution in [0.4, 0.5) is 0 Å². The van der Waals surface area contributed by atoms with E-state index in [0.29, 0.717) is 24.0 Å². The van der Waals surface area contributed by atoms with Crippen molar-refractivity contribution < 1.29 is 14.2 Å². The van der Waals surface area contributed by atoms with Crippen molar-refractivity contribution in [2.24, 2.45) is 0 Å². The average Bonchev–Trinajstić information content (AvgIpc) is 2.84. The van der Waals surface area contributed by atoms with Gasteiger partial charge in [0.1, 0.15) is 0 Å². The predicted octanol–water partition coefficient (Wildman–Crippen LogP) is 3.96. The van der Waals surface area contributed by atoms with Crippen LogP contribution in [-0.4, -0.2) is 25.9 Å². The molecule has 0 saturated carbocycles. The number of ether oxygens (including phenoxy) is 3. The lowest BCUT2D eigenvalue weighted by molar-refractivity contribution is 0.107. The molecule has 5 heteroatoms. The Morgan fingerprint density at radius 2 is 1.79 bits per heavy atom. The molecule has 0 bridgehead atoms. The molecule has 2 atom stereocenters. The van der Waals surface area contributed by atoms with Gasteiger partial charge in [0.15, 0.2) is 11.5 Å². The van der Waals surface area contributed by atoms with Crippen molar-refractivity contribution in [3.63, 3.8) is 0 Å². The van der Waals surface area contributed by atoms with E-state index in [4.69, 9.17) is 37.4 Å². The maximum Gasteiger partial charge on any atom is 0.162 e. The van der Waals surface area contributed by atoms with Gasteiger partial charge in [-0.25, -0.2) is 0 Å². The third kappa shape index (κ3) is 2.78. The van der Waals surface area contributed by atoms with Crippen molar-refractivity contribution in [2.75, 3.05) is 19.8 Å². The fourth-order valence-electron chi connectivity index (χ4n) is 2.44. The van der Waals surface area contributed by atoms with Crippen molar-refractivity contribution >= 4 is 23.2 Å². The Hall–Kier alpha value is -0.640. The summed E-state index contributed by atoms with van der Waals surface area (Å²) in [5.41, 5.74) is 0.861. The van der Waals surface area contributed by atoms with Crippen LogP contribution in [0.1, 0.15) is 30.2 Å². The first-order chi connectivity index (χ1) is 9.25. The van der Waals surface area contributed by atoms with Crippen molar-refractivity contribution in [3.05, 3.63) is 22.7 Å². The summed E-state index contributed by atoms with van der Waals surface area (Å²) in [4.78, 5) is 0. The van der Waals surface area contributed by atoms with Gasteiger partial charge in [-0.3, -0.25) is 0 Å². The average molecular weight is 303 g/mol. The summed E-state index contributed by atoms with van der Waals surface area (Å²) in [6.45, 7) is 2.08. The van der Waals surface area contributed by atoms with Crippen LogP contribution in [0.5, 0.6) is 11.5 Å². The molecule has 3 rings (SSSR count). The van der Waals surface area contributed by atoms with E-state index < -0.39 is 0 Å². The second-order valence-corrected chi connectivity index (χ2v) is 5.70. The van der Waals surface area contributed by atoms with E-state index in [2.05, 4.69) is 0 Å². The predicted molar refractivity (Wildman–Crippen MR) is 74.6 cm³/mol. The zero-order valence-electron chi connectivity index (χ0n) is 10.5. The largest absolute Gasteiger partial charge is 0.490 e. The van der Waals surface area contributed by atoms with Gasteiger partial charge in [0.25, 0.3) is 0 Å². The topological polar surface area (TPSA) is 27.7 Å². The number of fused-ring (bicyclic) bond motifs is 1. The maximum atomic E-state index is 6.50. The van der Waals surface area contributed by atoms with Gasteiger partial charge >= 0.3 is 0 Å². The lowest BCUT2D eigenvalue weighted by atomic mass is 10.0. The zero-order chi connectivity index (χ0) is 13.2. The van der Waals surface area contributed by atoms with E-state index in [-0.39, 0.29) is 11.5 Å². The second kappa shape index (κ2) is 5.78. The van der Waals surface area contributed by atoms with Gasteiger partial charge in [-0.05, 0) is 24.5 Å². The SMILES string of the molecule is Clc1cc2c(cc1C(Cl)C1CCCO1)OCCCO2. The fourth-order valence-corrected chi connectivity index (χ4v) is 3.15. The third-order valence-electron chi connectivity index (χ3n) is 3.46. The molecule has 0 radical (unpaired) electrons. The van der Waals surface area contributed by atoms with Gasteiger partial charge in [0.2, 0.25) is 0 Å². The molecule has 1 fully saturated rings. The first-order valence-electron chi connectivity index (χ1n) is 6.60. The monoisotopic (exact) mass is 302 g/mol. The number of hydrogen-bond donors (Lipinski definition) is 0. The molecule has 2 unspecified atom stereocenters. The number of hydrogen-bond acceptors (Lipinski definition) is 3. The standard InChI is InChI=1S/C14H16Cl2O3/c15-10-8-13-12(18-5-2-6-19-13)7-9(10)14(16)11-3-1-4-17-11/h7-8,11,14H,1-6H2. The molecule has 1 saturated heterocycles. The van der Waals surface area contributed by atoms with Crippen LogP contribution >= 0.6 is 23.2 Å². The minimum atomic E-state index is -0.243. The molecular formula is C14H16Cl2O3. The molecule has 0 aromatic heterocycles. The summed E-state index contributed by atoms with van der Waals surface area (Å²) in [5.74, 6) is 1.42. The van der Waals surface area contributed by atoms with Crippen LogP contribution in [0.2, 0.25) is 5.02 Å². The van der Waals surface area contributed by atoms with E-state index in [9.17, 15) is 0 Å². The molecular weight excluding hydrogens is 287 g/mol. The Kier molecular flexibility index (Phi) is 4.06. The molecule has 2 aliphatic heterocycles. The van der Waals surface area contributed by atoms with Crippen molar-refractivity contribution in [2.45, 2.75) is 30.7 Å². The highest BCUT2D eigenvalue weighted by atomic mass is 35.5. The minimum absolute atomic E-state index is 0.0314. The first kappa shape index (κ1) is 13.3. The molecule has 1 aromatic rings. The smallest absolute Gasteiger partial charge is 0.162 e. The van der Waals surface area contributed by atoms with Gasteiger partial charge < -0.3 is 14.2 Å². The Labute approximate surface area is 122 Å². The summed E-state index contributed by atoms with van der Waals surface area (Å²) in [6.07, 6.45) is 2.93. The second-order valence-electron chi connectivity index (χ2n) is 4.82. The molecule has 0 aliphatic carbocycles. The highest BCUT2D eigenvalue weighted by molar-refractivity contribution is 6.33. The third-order valence-corrected chi connectivity index (χ3v) is 4.30. The molecule has 104 valence electrons. The van der Waals surface area contributed by atoms with Crippen LogP contribution in [-0.2, 0) is 4.74 Å². The fraction of sp³-hybridized carbons (Fsp3) is 0.571. The Morgan fingerprint density at radius 1 is 1.05 bits per heavy atom. The summed E-state index contributed by atoms with van der Waals surface area (Å²) in [5, 5.41) is 0.368. The van der Waals surface area contributed by atoms with Crippen molar-refractivity contribution in [3.8, 4) is 11.5 Å². The Bertz CT molecular complexity index is 458. The lowest BCUT2D eigenvalue weighted by Gasteiger charge is -2.19. The van der Waals surface area contributed by atoms with Crippen LogP contribution in [0.15, 0.2) is 12.1 Å². The number of alkyl halides is 1. The quantitative estimate of drug-likeness (QED) is 0.774. The van der Waals surface area contributed by atoms with E-state index in [1.54, 1.807) is 6.07 Å². The van der Waals surface area contributed by atoms with Crippen LogP contribution in [0.3, 0.4) is 0 Å². The number of halogens is 2. The first-order valence-corrected chi connectivity index (χ1v) is 7.42. The molecule has 0 spiro atoms. The zero-order valence-corrected chi connectivity index (χ0v) is 12.0. The maximum absolute atomic E-state index is 6.50. The van der Waals surface area contributed by atoms with Crippen LogP contribution in [0.25, 0.3) is 0 Å². The van der Waals surface area contributed by atoms with Crippen LogP contribution < -0.4 is 9.47 Å². The van der Waals surface area contributed by atoms with E-state index in [0.717, 1.165) is 37.2 Å². The Morgan fingerprint density at radius 3 is 2.47 bits per heavy atom. The molecule has 0 amide bonds. The summed E-state index contributed by atoms with van der Waals surface area (Å²) in [6, 6.07) is 3.68. The van der Waals surface area contributed by atoms with Gasteiger partial charge in [0, 0.05) is 24.1 Å². The lowest BCUT2D eigenvalue weighted by Crippen LogP contribution is -2.13. The van der Waals surface area contributed by atoms with Gasteiger partial charge in [-0.1, -0.05) is 11.6 Å². The number of benzene rings is 1. The van der Waals surface area contributed by atoms with E-state index in [1.165, 1.54) is 0 Å². The highest BCUT2D eigenvalue weighted by Gasteiger charge is 2.28. The van der Waals surface area contributed by atoms with Gasteiger partial charge in [-0.2, -0.15) is 0 Å². The summed E-state index contributed by atoms with van der Waals surface area (Å²) < 4.78 is 16.9. The summed E-state index contributed by atoms with van der Waals surface area (Å²) >= 11 is 12.8. The minimum Gasteiger partial charge on any atom is -0.490 e. The normalized spacial score (nSPS) is 24.0. The van der Waals surface area contributed by atoms with Gasteiger partial charge in [0.05, 0.1) is 24.7 Å². The Balaban J connectivity index is 1.90. The molecule has 1 aromatic carbocycles. The summed E-state index contributed by atoms with van der Waals surface area (Å²) in [7, 11) is 0. The van der Waals surface area contributed by atoms with Gasteiger partial charge in [-0.15, -0.1) is 11.6 Å². The molecule has 0 N–H and O–H groups in total. The molecule has 19 heavy (non-hydrogen) atoms. The van der Waals surface area contributed by atoms with E-state index in [1.807, 2.05) is 6.07 Å².